The van der Waals surface area contributed by atoms with E-state index in [0.717, 1.165) is 22.7 Å². The van der Waals surface area contributed by atoms with Gasteiger partial charge in [-0.15, -0.1) is 11.3 Å². The molecule has 0 aliphatic carbocycles. The number of ether oxygens (including phenoxy) is 1. The average molecular weight is 342 g/mol. The van der Waals surface area contributed by atoms with Crippen molar-refractivity contribution in [2.75, 3.05) is 12.4 Å². The Balaban J connectivity index is 1.79. The fourth-order valence-electron chi connectivity index (χ4n) is 2.38. The quantitative estimate of drug-likeness (QED) is 0.769. The predicted molar refractivity (Wildman–Crippen MR) is 94.7 cm³/mol. The van der Waals surface area contributed by atoms with Gasteiger partial charge in [0, 0.05) is 17.5 Å². The van der Waals surface area contributed by atoms with Gasteiger partial charge < -0.3 is 4.74 Å². The monoisotopic (exact) mass is 342 g/mol. The first-order valence-corrected chi connectivity index (χ1v) is 8.44. The lowest BCUT2D eigenvalue weighted by atomic mass is 10.2. The summed E-state index contributed by atoms with van der Waals surface area (Å²) in [4.78, 5) is 16.9. The summed E-state index contributed by atoms with van der Waals surface area (Å²) in [6, 6.07) is 9.44. The molecule has 0 aliphatic heterocycles. The molecule has 2 heterocycles. The Morgan fingerprint density at radius 2 is 2.21 bits per heavy atom. The van der Waals surface area contributed by atoms with E-state index >= 15 is 0 Å². The minimum Gasteiger partial charge on any atom is -0.497 e. The summed E-state index contributed by atoms with van der Waals surface area (Å²) in [5, 5.41) is 9.59. The number of anilines is 1. The lowest BCUT2D eigenvalue weighted by molar-refractivity contribution is 0.101. The van der Waals surface area contributed by atoms with Gasteiger partial charge in [-0.05, 0) is 32.0 Å². The van der Waals surface area contributed by atoms with Gasteiger partial charge in [0.05, 0.1) is 18.5 Å². The largest absolute Gasteiger partial charge is 0.497 e. The molecule has 124 valence electrons. The first-order chi connectivity index (χ1) is 11.6. The predicted octanol–water partition coefficient (Wildman–Crippen LogP) is 3.60. The molecule has 0 fully saturated rings. The van der Waals surface area contributed by atoms with E-state index in [0.29, 0.717) is 17.4 Å². The Hall–Kier alpha value is -2.67. The number of carbonyl (C=O) groups is 1. The van der Waals surface area contributed by atoms with Crippen LogP contribution in [0.3, 0.4) is 0 Å². The minimum atomic E-state index is -0.205. The zero-order valence-electron chi connectivity index (χ0n) is 13.7. The van der Waals surface area contributed by atoms with Crippen LogP contribution >= 0.6 is 11.3 Å². The molecule has 0 saturated heterocycles. The third-order valence-corrected chi connectivity index (χ3v) is 4.28. The molecular weight excluding hydrogens is 324 g/mol. The average Bonchev–Trinajstić information content (AvgIpc) is 3.21. The molecule has 0 bridgehead atoms. The number of nitrogens with one attached hydrogen (secondary N) is 1. The van der Waals surface area contributed by atoms with Crippen molar-refractivity contribution in [1.29, 1.82) is 0 Å². The molecule has 6 nitrogen and oxygen atoms in total. The Morgan fingerprint density at radius 3 is 2.96 bits per heavy atom. The molecule has 24 heavy (non-hydrogen) atoms. The van der Waals surface area contributed by atoms with E-state index < -0.39 is 0 Å². The van der Waals surface area contributed by atoms with Gasteiger partial charge in [0.2, 0.25) is 0 Å². The second kappa shape index (κ2) is 6.84. The fourth-order valence-corrected chi connectivity index (χ4v) is 3.09. The second-order valence-electron chi connectivity index (χ2n) is 5.21. The molecule has 3 rings (SSSR count). The van der Waals surface area contributed by atoms with Crippen LogP contribution in [0.25, 0.3) is 11.3 Å². The van der Waals surface area contributed by atoms with Crippen LogP contribution in [0, 0.1) is 6.92 Å². The zero-order chi connectivity index (χ0) is 17.1. The summed E-state index contributed by atoms with van der Waals surface area (Å²) in [5.74, 6) is 0.567. The number of thiazole rings is 1. The molecule has 2 aromatic heterocycles. The van der Waals surface area contributed by atoms with Crippen molar-refractivity contribution in [2.45, 2.75) is 20.4 Å². The number of amides is 1. The van der Waals surface area contributed by atoms with Crippen LogP contribution in [0.2, 0.25) is 0 Å². The third-order valence-electron chi connectivity index (χ3n) is 3.52. The number of methoxy groups -OCH3 is 1. The molecule has 1 amide bonds. The van der Waals surface area contributed by atoms with Crippen LogP contribution in [0.15, 0.2) is 35.7 Å². The van der Waals surface area contributed by atoms with Gasteiger partial charge in [0.25, 0.3) is 5.91 Å². The van der Waals surface area contributed by atoms with Gasteiger partial charge in [-0.3, -0.25) is 14.8 Å². The smallest absolute Gasteiger partial charge is 0.275 e. The molecule has 0 aliphatic rings. The lowest BCUT2D eigenvalue weighted by Crippen LogP contribution is -2.17. The summed E-state index contributed by atoms with van der Waals surface area (Å²) in [6.45, 7) is 4.46. The molecular formula is C17H18N4O2S. The van der Waals surface area contributed by atoms with E-state index in [9.17, 15) is 4.79 Å². The van der Waals surface area contributed by atoms with Crippen molar-refractivity contribution < 1.29 is 9.53 Å². The van der Waals surface area contributed by atoms with Crippen LogP contribution in [0.1, 0.15) is 23.1 Å². The summed E-state index contributed by atoms with van der Waals surface area (Å²) >= 11 is 1.39. The van der Waals surface area contributed by atoms with Crippen LogP contribution in [-0.4, -0.2) is 27.8 Å². The molecule has 0 spiro atoms. The second-order valence-corrected chi connectivity index (χ2v) is 6.07. The number of carbonyl (C=O) groups excluding carboxylic acids is 1. The highest BCUT2D eigenvalue weighted by Gasteiger charge is 2.15. The van der Waals surface area contributed by atoms with Crippen molar-refractivity contribution in [3.05, 3.63) is 47.1 Å². The number of rotatable bonds is 5. The first-order valence-electron chi connectivity index (χ1n) is 7.56. The number of benzene rings is 1. The number of aryl methyl sites for hydroxylation is 2. The highest BCUT2D eigenvalue weighted by molar-refractivity contribution is 7.14. The normalized spacial score (nSPS) is 10.6. The van der Waals surface area contributed by atoms with E-state index in [1.165, 1.54) is 11.3 Å². The van der Waals surface area contributed by atoms with Crippen LogP contribution in [0.4, 0.5) is 5.13 Å². The maximum Gasteiger partial charge on any atom is 0.275 e. The van der Waals surface area contributed by atoms with Crippen molar-refractivity contribution in [1.82, 2.24) is 14.8 Å². The maximum atomic E-state index is 12.4. The van der Waals surface area contributed by atoms with Crippen LogP contribution < -0.4 is 10.1 Å². The molecule has 1 N–H and O–H groups in total. The minimum absolute atomic E-state index is 0.205. The standard InChI is InChI=1S/C17H18N4O2S/c1-4-21-15(8-11(2)20-21)16(22)19-17-18-14(10-24-17)12-6-5-7-13(9-12)23-3/h5-10H,4H2,1-3H3,(H,18,19,22). The molecule has 1 aromatic carbocycles. The lowest BCUT2D eigenvalue weighted by Gasteiger charge is -2.04. The first kappa shape index (κ1) is 16.2. The Bertz CT molecular complexity index is 869. The molecule has 7 heteroatoms. The summed E-state index contributed by atoms with van der Waals surface area (Å²) in [5.41, 5.74) is 3.10. The van der Waals surface area contributed by atoms with Gasteiger partial charge >= 0.3 is 0 Å². The van der Waals surface area contributed by atoms with E-state index in [1.807, 2.05) is 43.5 Å². The zero-order valence-corrected chi connectivity index (χ0v) is 14.6. The third kappa shape index (κ3) is 3.30. The van der Waals surface area contributed by atoms with E-state index in [4.69, 9.17) is 4.74 Å². The highest BCUT2D eigenvalue weighted by Crippen LogP contribution is 2.27. The van der Waals surface area contributed by atoms with Gasteiger partial charge in [0.1, 0.15) is 11.4 Å². The SMILES string of the molecule is CCn1nc(C)cc1C(=O)Nc1nc(-c2cccc(OC)c2)cs1. The summed E-state index contributed by atoms with van der Waals surface area (Å²) in [6.07, 6.45) is 0. The number of aromatic nitrogens is 3. The molecule has 0 unspecified atom stereocenters. The van der Waals surface area contributed by atoms with Gasteiger partial charge in [-0.2, -0.15) is 5.10 Å². The Labute approximate surface area is 144 Å². The van der Waals surface area contributed by atoms with Crippen molar-refractivity contribution in [3.63, 3.8) is 0 Å². The maximum absolute atomic E-state index is 12.4. The Kier molecular flexibility index (Phi) is 4.61. The van der Waals surface area contributed by atoms with Crippen LogP contribution in [-0.2, 0) is 6.54 Å². The summed E-state index contributed by atoms with van der Waals surface area (Å²) < 4.78 is 6.91. The van der Waals surface area contributed by atoms with E-state index in [1.54, 1.807) is 17.9 Å². The van der Waals surface area contributed by atoms with E-state index in [-0.39, 0.29) is 5.91 Å². The molecule has 0 radical (unpaired) electrons. The van der Waals surface area contributed by atoms with Crippen LogP contribution in [0.5, 0.6) is 5.75 Å². The van der Waals surface area contributed by atoms with E-state index in [2.05, 4.69) is 15.4 Å². The molecule has 3 aromatic rings. The highest BCUT2D eigenvalue weighted by atomic mass is 32.1. The fraction of sp³-hybridized carbons (Fsp3) is 0.235. The molecule has 0 atom stereocenters. The number of hydrogen-bond acceptors (Lipinski definition) is 5. The van der Waals surface area contributed by atoms with Gasteiger partial charge in [0.15, 0.2) is 5.13 Å². The van der Waals surface area contributed by atoms with Crippen molar-refractivity contribution in [3.8, 4) is 17.0 Å². The number of nitrogens with zero attached hydrogens (tertiary/aromatic N) is 3. The van der Waals surface area contributed by atoms with Crippen molar-refractivity contribution in [2.24, 2.45) is 0 Å². The number of hydrogen-bond donors (Lipinski definition) is 1. The Morgan fingerprint density at radius 1 is 1.38 bits per heavy atom. The molecule has 0 saturated carbocycles. The topological polar surface area (TPSA) is 69.0 Å². The summed E-state index contributed by atoms with van der Waals surface area (Å²) in [7, 11) is 1.63. The van der Waals surface area contributed by atoms with Crippen molar-refractivity contribution >= 4 is 22.4 Å². The van der Waals surface area contributed by atoms with Gasteiger partial charge in [-0.1, -0.05) is 12.1 Å². The van der Waals surface area contributed by atoms with Gasteiger partial charge in [-0.25, -0.2) is 4.98 Å².